The van der Waals surface area contributed by atoms with Crippen LogP contribution in [0.2, 0.25) is 0 Å². The zero-order valence-electron chi connectivity index (χ0n) is 4.88. The molecule has 0 spiro atoms. The van der Waals surface area contributed by atoms with Gasteiger partial charge in [-0.3, -0.25) is 4.21 Å². The Morgan fingerprint density at radius 1 is 1.70 bits per heavy atom. The van der Waals surface area contributed by atoms with E-state index < -0.39 is 17.0 Å². The summed E-state index contributed by atoms with van der Waals surface area (Å²) in [6.45, 7) is 0.0467. The van der Waals surface area contributed by atoms with Crippen LogP contribution in [-0.2, 0) is 11.3 Å². The summed E-state index contributed by atoms with van der Waals surface area (Å²) in [5.74, 6) is -2.34. The lowest BCUT2D eigenvalue weighted by molar-refractivity contribution is 0.252. The minimum atomic E-state index is -2.43. The maximum atomic E-state index is 11.3. The smallest absolute Gasteiger partial charge is 0.284 e. The fraction of sp³-hybridized carbons (Fsp3) is 1.00. The molecule has 0 fully saturated rings. The Hall–Kier alpha value is 0.280. The molecular weight excluding hydrogens is 184 g/mol. The molecule has 0 aromatic heterocycles. The van der Waals surface area contributed by atoms with Crippen molar-refractivity contribution in [2.24, 2.45) is 0 Å². The third-order valence-electron chi connectivity index (χ3n) is 0.566. The maximum absolute atomic E-state index is 11.3. The normalized spacial score (nSPS) is 14.0. The summed E-state index contributed by atoms with van der Waals surface area (Å²) in [5, 5.41) is 0. The van der Waals surface area contributed by atoms with Gasteiger partial charge in [-0.2, -0.15) is 8.78 Å². The van der Waals surface area contributed by atoms with Crippen LogP contribution in [0.15, 0.2) is 0 Å². The Kier molecular flexibility index (Phi) is 6.19. The lowest BCUT2D eigenvalue weighted by Gasteiger charge is -2.05. The van der Waals surface area contributed by atoms with Crippen molar-refractivity contribution in [3.8, 4) is 0 Å². The molecule has 62 valence electrons. The van der Waals surface area contributed by atoms with Crippen LogP contribution < -0.4 is 4.72 Å². The van der Waals surface area contributed by atoms with Gasteiger partial charge in [0.2, 0.25) is 0 Å². The van der Waals surface area contributed by atoms with Crippen molar-refractivity contribution in [3.05, 3.63) is 0 Å². The minimum absolute atomic E-state index is 0.0467. The lowest BCUT2D eigenvalue weighted by Crippen LogP contribution is -2.19. The third-order valence-corrected chi connectivity index (χ3v) is 1.70. The van der Waals surface area contributed by atoms with Gasteiger partial charge >= 0.3 is 0 Å². The molecule has 3 nitrogen and oxygen atoms in total. The van der Waals surface area contributed by atoms with Gasteiger partial charge in [0.05, 0.1) is 0 Å². The molecule has 0 heterocycles. The second kappa shape index (κ2) is 6.02. The number of alkyl halides is 2. The molecule has 0 aromatic carbocycles. The summed E-state index contributed by atoms with van der Waals surface area (Å²) in [5.41, 5.74) is 0. The summed E-state index contributed by atoms with van der Waals surface area (Å²) >= 11 is -1.93. The van der Waals surface area contributed by atoms with Gasteiger partial charge in [-0.1, -0.05) is 11.8 Å². The highest BCUT2D eigenvalue weighted by Crippen LogP contribution is 2.11. The fourth-order valence-corrected chi connectivity index (χ4v) is 1.07. The topological polar surface area (TPSA) is 52.2 Å². The highest BCUT2D eigenvalue weighted by Gasteiger charge is 2.00. The van der Waals surface area contributed by atoms with Crippen molar-refractivity contribution in [1.82, 2.24) is 4.72 Å². The lowest BCUT2D eigenvalue weighted by atomic mass is 10.8. The molecule has 0 rings (SSSR count). The Balaban J connectivity index is 2.98. The number of nitrogens with one attached hydrogen (secondary N) is 1. The molecule has 0 saturated heterocycles. The first-order valence-electron chi connectivity index (χ1n) is 2.35. The molecule has 0 saturated carbocycles. The number of rotatable bonds is 5. The average Bonchev–Trinajstić information content (AvgIpc) is 1.79. The van der Waals surface area contributed by atoms with Crippen LogP contribution in [-0.4, -0.2) is 26.8 Å². The van der Waals surface area contributed by atoms with E-state index in [0.29, 0.717) is 11.8 Å². The molecule has 0 aliphatic carbocycles. The quantitative estimate of drug-likeness (QED) is 0.502. The van der Waals surface area contributed by atoms with Gasteiger partial charge in [0.1, 0.15) is 0 Å². The monoisotopic (exact) mass is 190 g/mol. The van der Waals surface area contributed by atoms with E-state index in [1.165, 1.54) is 0 Å². The summed E-state index contributed by atoms with van der Waals surface area (Å²) in [7, 11) is 0. The zero-order chi connectivity index (χ0) is 7.98. The van der Waals surface area contributed by atoms with E-state index in [0.717, 1.165) is 0 Å². The largest absolute Gasteiger partial charge is 0.760 e. The molecule has 1 N–H and O–H groups in total. The second-order valence-corrected chi connectivity index (χ2v) is 3.12. The van der Waals surface area contributed by atoms with Crippen molar-refractivity contribution in [1.29, 1.82) is 0 Å². The Bertz CT molecular complexity index is 113. The van der Waals surface area contributed by atoms with Crippen molar-refractivity contribution in [2.45, 2.75) is 5.76 Å². The van der Waals surface area contributed by atoms with E-state index in [1.54, 1.807) is 0 Å². The Labute approximate surface area is 64.0 Å². The molecule has 0 amide bonds. The predicted octanol–water partition coefficient (Wildman–Crippen LogP) is 0.326. The van der Waals surface area contributed by atoms with E-state index in [9.17, 15) is 17.5 Å². The fourth-order valence-electron chi connectivity index (χ4n) is 0.273. The minimum Gasteiger partial charge on any atom is -0.760 e. The van der Waals surface area contributed by atoms with Gasteiger partial charge < -0.3 is 4.55 Å². The molecule has 1 unspecified atom stereocenters. The van der Waals surface area contributed by atoms with Crippen LogP contribution in [0.3, 0.4) is 0 Å². The molecular formula is C3H6F2NO2S2-. The van der Waals surface area contributed by atoms with Gasteiger partial charge in [0, 0.05) is 23.6 Å². The highest BCUT2D eigenvalue weighted by molar-refractivity contribution is 7.99. The van der Waals surface area contributed by atoms with Gasteiger partial charge in [-0.05, 0) is 0 Å². The molecule has 0 bridgehead atoms. The maximum Gasteiger partial charge on any atom is 0.284 e. The molecule has 7 heteroatoms. The SMILES string of the molecule is O=S([O-])NCCSC(F)F. The highest BCUT2D eigenvalue weighted by atomic mass is 32.2. The first-order valence-corrected chi connectivity index (χ1v) is 4.48. The van der Waals surface area contributed by atoms with E-state index >= 15 is 0 Å². The van der Waals surface area contributed by atoms with Crippen LogP contribution in [0, 0.1) is 0 Å². The summed E-state index contributed by atoms with van der Waals surface area (Å²) in [6, 6.07) is 0. The first-order chi connectivity index (χ1) is 4.63. The summed E-state index contributed by atoms with van der Waals surface area (Å²) < 4.78 is 44.1. The second-order valence-electron chi connectivity index (χ2n) is 1.26. The van der Waals surface area contributed by atoms with Gasteiger partial charge in [0.25, 0.3) is 5.76 Å². The third kappa shape index (κ3) is 8.28. The van der Waals surface area contributed by atoms with E-state index in [2.05, 4.69) is 0 Å². The predicted molar refractivity (Wildman–Crippen MR) is 35.4 cm³/mol. The number of hydrogen-bond acceptors (Lipinski definition) is 3. The van der Waals surface area contributed by atoms with Crippen LogP contribution in [0.4, 0.5) is 8.78 Å². The van der Waals surface area contributed by atoms with E-state index in [-0.39, 0.29) is 12.3 Å². The van der Waals surface area contributed by atoms with E-state index in [1.807, 2.05) is 4.72 Å². The average molecular weight is 190 g/mol. The Morgan fingerprint density at radius 2 is 2.30 bits per heavy atom. The van der Waals surface area contributed by atoms with Crippen molar-refractivity contribution < 1.29 is 17.5 Å². The zero-order valence-corrected chi connectivity index (χ0v) is 6.51. The molecule has 0 aromatic rings. The molecule has 10 heavy (non-hydrogen) atoms. The summed E-state index contributed by atoms with van der Waals surface area (Å²) in [6.07, 6.45) is 0. The van der Waals surface area contributed by atoms with Crippen LogP contribution >= 0.6 is 11.8 Å². The van der Waals surface area contributed by atoms with Crippen molar-refractivity contribution in [3.63, 3.8) is 0 Å². The van der Waals surface area contributed by atoms with Gasteiger partial charge in [-0.15, -0.1) is 0 Å². The Morgan fingerprint density at radius 3 is 2.70 bits per heavy atom. The molecule has 1 atom stereocenters. The molecule has 0 aliphatic rings. The number of halogens is 2. The van der Waals surface area contributed by atoms with Gasteiger partial charge in [-0.25, -0.2) is 4.72 Å². The van der Waals surface area contributed by atoms with E-state index in [4.69, 9.17) is 0 Å². The molecule has 0 radical (unpaired) electrons. The first kappa shape index (κ1) is 10.3. The standard InChI is InChI=1S/C3H7F2NO2S2/c4-3(5)9-2-1-6-10(7)8/h3,6H,1-2H2,(H,7,8)/p-1. The number of hydrogen-bond donors (Lipinski definition) is 1. The molecule has 0 aliphatic heterocycles. The van der Waals surface area contributed by atoms with Crippen LogP contribution in [0.5, 0.6) is 0 Å². The van der Waals surface area contributed by atoms with Crippen LogP contribution in [0.25, 0.3) is 0 Å². The summed E-state index contributed by atoms with van der Waals surface area (Å²) in [4.78, 5) is 0. The number of thioether (sulfide) groups is 1. The van der Waals surface area contributed by atoms with Crippen LogP contribution in [0.1, 0.15) is 0 Å². The van der Waals surface area contributed by atoms with Crippen molar-refractivity contribution in [2.75, 3.05) is 12.3 Å². The van der Waals surface area contributed by atoms with Gasteiger partial charge in [0.15, 0.2) is 0 Å². The van der Waals surface area contributed by atoms with Crippen molar-refractivity contribution >= 4 is 23.0 Å².